The second kappa shape index (κ2) is 9.64. The molecule has 1 saturated carbocycles. The van der Waals surface area contributed by atoms with Crippen LogP contribution in [0.1, 0.15) is 50.5 Å². The predicted molar refractivity (Wildman–Crippen MR) is 101 cm³/mol. The second-order valence-electron chi connectivity index (χ2n) is 6.76. The van der Waals surface area contributed by atoms with Crippen molar-refractivity contribution in [3.05, 3.63) is 18.0 Å². The zero-order valence-electron chi connectivity index (χ0n) is 14.4. The van der Waals surface area contributed by atoms with Gasteiger partial charge in [-0.1, -0.05) is 6.42 Å². The number of amides is 1. The Kier molecular flexibility index (Phi) is 8.54. The lowest BCUT2D eigenvalue weighted by Crippen LogP contribution is -2.43. The van der Waals surface area contributed by atoms with Crippen LogP contribution >= 0.6 is 24.8 Å². The molecule has 1 amide bonds. The van der Waals surface area contributed by atoms with Crippen LogP contribution < -0.4 is 5.73 Å². The van der Waals surface area contributed by atoms with E-state index in [-0.39, 0.29) is 30.7 Å². The van der Waals surface area contributed by atoms with Gasteiger partial charge in [0.25, 0.3) is 0 Å². The number of piperidine rings is 1. The molecule has 1 aromatic heterocycles. The first-order valence-electron chi connectivity index (χ1n) is 8.74. The SMILES string of the molecule is CCn1cc(C2CCN(C(=O)[C@@H]3CCC[C@@H]3CN)CC2)cn1.Cl.Cl. The number of carbonyl (C=O) groups excluding carboxylic acids is 1. The van der Waals surface area contributed by atoms with Gasteiger partial charge in [-0.25, -0.2) is 0 Å². The maximum Gasteiger partial charge on any atom is 0.226 e. The smallest absolute Gasteiger partial charge is 0.226 e. The van der Waals surface area contributed by atoms with Gasteiger partial charge in [0.15, 0.2) is 0 Å². The number of halogens is 2. The average molecular weight is 377 g/mol. The van der Waals surface area contributed by atoms with Crippen molar-refractivity contribution in [1.82, 2.24) is 14.7 Å². The molecule has 0 unspecified atom stereocenters. The fourth-order valence-corrected chi connectivity index (χ4v) is 4.08. The van der Waals surface area contributed by atoms with Gasteiger partial charge < -0.3 is 10.6 Å². The average Bonchev–Trinajstić information content (AvgIpc) is 3.23. The Balaban J connectivity index is 0.00000144. The largest absolute Gasteiger partial charge is 0.342 e. The van der Waals surface area contributed by atoms with E-state index < -0.39 is 0 Å². The molecule has 1 saturated heterocycles. The number of nitrogens with two attached hydrogens (primary N) is 1. The van der Waals surface area contributed by atoms with E-state index in [4.69, 9.17) is 5.73 Å². The Morgan fingerprint density at radius 2 is 1.96 bits per heavy atom. The van der Waals surface area contributed by atoms with Crippen molar-refractivity contribution in [2.45, 2.75) is 51.5 Å². The van der Waals surface area contributed by atoms with Crippen molar-refractivity contribution in [2.75, 3.05) is 19.6 Å². The minimum absolute atomic E-state index is 0. The molecule has 2 N–H and O–H groups in total. The summed E-state index contributed by atoms with van der Waals surface area (Å²) in [6.45, 7) is 5.44. The van der Waals surface area contributed by atoms with Gasteiger partial charge >= 0.3 is 0 Å². The number of nitrogens with zero attached hydrogens (tertiary/aromatic N) is 3. The van der Waals surface area contributed by atoms with Crippen LogP contribution in [0.2, 0.25) is 0 Å². The molecule has 1 aliphatic carbocycles. The van der Waals surface area contributed by atoms with Crippen LogP contribution in [0.3, 0.4) is 0 Å². The summed E-state index contributed by atoms with van der Waals surface area (Å²) in [6.07, 6.45) is 9.58. The first kappa shape index (κ1) is 21.3. The Morgan fingerprint density at radius 1 is 1.25 bits per heavy atom. The van der Waals surface area contributed by atoms with Crippen LogP contribution in [0, 0.1) is 11.8 Å². The van der Waals surface area contributed by atoms with Crippen LogP contribution in [0.25, 0.3) is 0 Å². The molecule has 24 heavy (non-hydrogen) atoms. The lowest BCUT2D eigenvalue weighted by Gasteiger charge is -2.34. The van der Waals surface area contributed by atoms with Gasteiger partial charge in [0.05, 0.1) is 6.20 Å². The van der Waals surface area contributed by atoms with Crippen LogP contribution in [0.5, 0.6) is 0 Å². The quantitative estimate of drug-likeness (QED) is 0.878. The number of aryl methyl sites for hydroxylation is 1. The molecule has 7 heteroatoms. The molecule has 138 valence electrons. The number of rotatable bonds is 4. The van der Waals surface area contributed by atoms with E-state index in [0.29, 0.717) is 24.3 Å². The Morgan fingerprint density at radius 3 is 2.54 bits per heavy atom. The van der Waals surface area contributed by atoms with Crippen LogP contribution in [-0.4, -0.2) is 40.2 Å². The summed E-state index contributed by atoms with van der Waals surface area (Å²) >= 11 is 0. The van der Waals surface area contributed by atoms with E-state index in [1.807, 2.05) is 10.9 Å². The predicted octanol–water partition coefficient (Wildman–Crippen LogP) is 2.83. The number of likely N-dealkylation sites (tertiary alicyclic amines) is 1. The molecule has 1 aromatic rings. The summed E-state index contributed by atoms with van der Waals surface area (Å²) in [7, 11) is 0. The highest BCUT2D eigenvalue weighted by Crippen LogP contribution is 2.34. The lowest BCUT2D eigenvalue weighted by molar-refractivity contribution is -0.137. The van der Waals surface area contributed by atoms with E-state index in [1.54, 1.807) is 0 Å². The summed E-state index contributed by atoms with van der Waals surface area (Å²) in [6, 6.07) is 0. The molecule has 5 nitrogen and oxygen atoms in total. The summed E-state index contributed by atoms with van der Waals surface area (Å²) in [5, 5.41) is 4.37. The maximum absolute atomic E-state index is 12.7. The van der Waals surface area contributed by atoms with E-state index in [9.17, 15) is 4.79 Å². The Hall–Kier alpha value is -0.780. The van der Waals surface area contributed by atoms with Gasteiger partial charge in [0.1, 0.15) is 0 Å². The summed E-state index contributed by atoms with van der Waals surface area (Å²) < 4.78 is 1.98. The van der Waals surface area contributed by atoms with E-state index >= 15 is 0 Å². The molecule has 0 spiro atoms. The van der Waals surface area contributed by atoms with Gasteiger partial charge in [0.2, 0.25) is 5.91 Å². The van der Waals surface area contributed by atoms with Gasteiger partial charge in [0, 0.05) is 31.7 Å². The van der Waals surface area contributed by atoms with Crippen molar-refractivity contribution < 1.29 is 4.79 Å². The fourth-order valence-electron chi connectivity index (χ4n) is 4.08. The highest BCUT2D eigenvalue weighted by molar-refractivity contribution is 5.85. The van der Waals surface area contributed by atoms with Gasteiger partial charge in [-0.3, -0.25) is 9.48 Å². The summed E-state index contributed by atoms with van der Waals surface area (Å²) in [5.74, 6) is 1.51. The van der Waals surface area contributed by atoms with Crippen LogP contribution in [0.15, 0.2) is 12.4 Å². The highest BCUT2D eigenvalue weighted by atomic mass is 35.5. The molecule has 3 rings (SSSR count). The fraction of sp³-hybridized carbons (Fsp3) is 0.765. The maximum atomic E-state index is 12.7. The van der Waals surface area contributed by atoms with Crippen molar-refractivity contribution in [1.29, 1.82) is 0 Å². The van der Waals surface area contributed by atoms with Gasteiger partial charge in [-0.05, 0) is 56.6 Å². The standard InChI is InChI=1S/C17H28N4O.2ClH/c1-2-21-12-15(11-19-21)13-6-8-20(9-7-13)17(22)16-5-3-4-14(16)10-18;;/h11-14,16H,2-10,18H2,1H3;2*1H/t14-,16-;;/m1../s1. The van der Waals surface area contributed by atoms with Crippen molar-refractivity contribution in [3.63, 3.8) is 0 Å². The topological polar surface area (TPSA) is 64.2 Å². The third-order valence-electron chi connectivity index (χ3n) is 5.53. The minimum atomic E-state index is 0. The number of hydrogen-bond donors (Lipinski definition) is 1. The second-order valence-corrected chi connectivity index (χ2v) is 6.76. The van der Waals surface area contributed by atoms with E-state index in [1.165, 1.54) is 5.56 Å². The van der Waals surface area contributed by atoms with Crippen molar-refractivity contribution in [2.24, 2.45) is 17.6 Å². The lowest BCUT2D eigenvalue weighted by atomic mass is 9.89. The van der Waals surface area contributed by atoms with E-state index in [2.05, 4.69) is 23.1 Å². The highest BCUT2D eigenvalue weighted by Gasteiger charge is 2.36. The molecule has 0 radical (unpaired) electrons. The monoisotopic (exact) mass is 376 g/mol. The number of aromatic nitrogens is 2. The van der Waals surface area contributed by atoms with Gasteiger partial charge in [-0.15, -0.1) is 24.8 Å². The molecule has 2 aliphatic rings. The molecular weight excluding hydrogens is 347 g/mol. The molecule has 1 aliphatic heterocycles. The van der Waals surface area contributed by atoms with Crippen LogP contribution in [-0.2, 0) is 11.3 Å². The van der Waals surface area contributed by atoms with E-state index in [0.717, 1.165) is 51.7 Å². The zero-order valence-corrected chi connectivity index (χ0v) is 16.0. The van der Waals surface area contributed by atoms with Crippen LogP contribution in [0.4, 0.5) is 0 Å². The first-order valence-corrected chi connectivity index (χ1v) is 8.74. The first-order chi connectivity index (χ1) is 10.7. The number of carbonyl (C=O) groups is 1. The minimum Gasteiger partial charge on any atom is -0.342 e. The summed E-state index contributed by atoms with van der Waals surface area (Å²) in [5.41, 5.74) is 7.15. The Bertz CT molecular complexity index is 514. The third kappa shape index (κ3) is 4.44. The molecule has 2 fully saturated rings. The van der Waals surface area contributed by atoms with Gasteiger partial charge in [-0.2, -0.15) is 5.10 Å². The molecule has 0 bridgehead atoms. The normalized spacial score (nSPS) is 24.3. The van der Waals surface area contributed by atoms with Crippen molar-refractivity contribution in [3.8, 4) is 0 Å². The van der Waals surface area contributed by atoms with Crippen molar-refractivity contribution >= 4 is 30.7 Å². The Labute approximate surface area is 157 Å². The molecule has 0 aromatic carbocycles. The molecule has 2 heterocycles. The number of hydrogen-bond acceptors (Lipinski definition) is 3. The molecular formula is C17H30Cl2N4O. The third-order valence-corrected chi connectivity index (χ3v) is 5.53. The molecule has 2 atom stereocenters. The zero-order chi connectivity index (χ0) is 15.5. The summed E-state index contributed by atoms with van der Waals surface area (Å²) in [4.78, 5) is 14.8.